The van der Waals surface area contributed by atoms with Gasteiger partial charge in [-0.1, -0.05) is 42.5 Å². The average molecular weight is 696 g/mol. The van der Waals surface area contributed by atoms with Crippen molar-refractivity contribution in [2.24, 2.45) is 0 Å². The molecule has 0 aliphatic carbocycles. The van der Waals surface area contributed by atoms with Crippen LogP contribution in [0, 0.1) is 17.0 Å². The van der Waals surface area contributed by atoms with Gasteiger partial charge in [0.25, 0.3) is 11.6 Å². The number of nitrogens with one attached hydrogen (secondary N) is 2. The van der Waals surface area contributed by atoms with Crippen molar-refractivity contribution >= 4 is 45.0 Å². The van der Waals surface area contributed by atoms with Gasteiger partial charge in [0.15, 0.2) is 4.90 Å². The van der Waals surface area contributed by atoms with E-state index in [1.54, 1.807) is 44.0 Å². The number of nitro benzene ring substituents is 1. The van der Waals surface area contributed by atoms with Gasteiger partial charge >= 0.3 is 6.09 Å². The number of amides is 3. The minimum atomic E-state index is -4.29. The fourth-order valence-electron chi connectivity index (χ4n) is 5.52. The molecule has 3 amide bonds. The van der Waals surface area contributed by atoms with Gasteiger partial charge in [0.2, 0.25) is 15.9 Å². The number of aryl methyl sites for hydroxylation is 1. The summed E-state index contributed by atoms with van der Waals surface area (Å²) in [4.78, 5) is 50.9. The molecular weight excluding hydrogens is 654 g/mol. The fraction of sp³-hybridized carbons (Fsp3) is 0.364. The highest BCUT2D eigenvalue weighted by Gasteiger charge is 2.33. The molecule has 15 nitrogen and oxygen atoms in total. The van der Waals surface area contributed by atoms with Crippen LogP contribution < -0.4 is 15.5 Å². The number of para-hydroxylation sites is 1. The quantitative estimate of drug-likeness (QED) is 0.188. The lowest BCUT2D eigenvalue weighted by molar-refractivity contribution is -0.387. The third-order valence-corrected chi connectivity index (χ3v) is 10.3. The molecule has 4 rings (SSSR count). The van der Waals surface area contributed by atoms with E-state index in [4.69, 9.17) is 4.74 Å². The fourth-order valence-corrected chi connectivity index (χ4v) is 7.31. The summed E-state index contributed by atoms with van der Waals surface area (Å²) in [6.45, 7) is 5.45. The number of carbonyl (C=O) groups excluding carboxylic acids is 3. The Labute approximate surface area is 285 Å². The Morgan fingerprint density at radius 1 is 1.00 bits per heavy atom. The molecule has 0 saturated carbocycles. The lowest BCUT2D eigenvalue weighted by atomic mass is 10.1. The van der Waals surface area contributed by atoms with Crippen molar-refractivity contribution in [2.75, 3.05) is 50.6 Å². The van der Waals surface area contributed by atoms with Crippen LogP contribution in [0.25, 0.3) is 0 Å². The molecule has 1 heterocycles. The number of methoxy groups -OCH3 is 1. The zero-order valence-corrected chi connectivity index (χ0v) is 28.9. The smallest absolute Gasteiger partial charge is 0.411 e. The summed E-state index contributed by atoms with van der Waals surface area (Å²) in [6, 6.07) is 17.5. The first kappa shape index (κ1) is 36.8. The monoisotopic (exact) mass is 695 g/mol. The highest BCUT2D eigenvalue weighted by molar-refractivity contribution is 7.89. The van der Waals surface area contributed by atoms with E-state index in [-0.39, 0.29) is 32.1 Å². The number of rotatable bonds is 14. The third kappa shape index (κ3) is 8.90. The van der Waals surface area contributed by atoms with E-state index >= 15 is 0 Å². The van der Waals surface area contributed by atoms with Crippen LogP contribution in [0.5, 0.6) is 0 Å². The number of hydrazine groups is 1. The third-order valence-electron chi connectivity index (χ3n) is 8.13. The van der Waals surface area contributed by atoms with Crippen molar-refractivity contribution in [3.05, 3.63) is 93.5 Å². The molecule has 0 unspecified atom stereocenters. The van der Waals surface area contributed by atoms with Gasteiger partial charge in [-0.05, 0) is 55.7 Å². The zero-order chi connectivity index (χ0) is 35.9. The van der Waals surface area contributed by atoms with Gasteiger partial charge in [-0.3, -0.25) is 30.0 Å². The summed E-state index contributed by atoms with van der Waals surface area (Å²) >= 11 is 0. The van der Waals surface area contributed by atoms with Crippen LogP contribution in [0.3, 0.4) is 0 Å². The molecule has 0 saturated heterocycles. The first-order valence-corrected chi connectivity index (χ1v) is 17.0. The average Bonchev–Trinajstić information content (AvgIpc) is 3.51. The van der Waals surface area contributed by atoms with Gasteiger partial charge in [0.1, 0.15) is 0 Å². The largest absolute Gasteiger partial charge is 0.453 e. The van der Waals surface area contributed by atoms with Crippen LogP contribution in [0.1, 0.15) is 30.5 Å². The molecule has 0 fully saturated rings. The molecule has 1 aliphatic rings. The van der Waals surface area contributed by atoms with E-state index < -0.39 is 43.6 Å². The number of ether oxygens (including phenoxy) is 1. The molecule has 3 aromatic rings. The number of anilines is 2. The van der Waals surface area contributed by atoms with Crippen molar-refractivity contribution in [3.8, 4) is 0 Å². The Morgan fingerprint density at radius 2 is 1.63 bits per heavy atom. The Bertz CT molecular complexity index is 1790. The highest BCUT2D eigenvalue weighted by Crippen LogP contribution is 2.28. The summed E-state index contributed by atoms with van der Waals surface area (Å²) in [7, 11) is -1.38. The number of carbonyl (C=O) groups is 3. The molecule has 16 heteroatoms. The zero-order valence-electron chi connectivity index (χ0n) is 28.1. The lowest BCUT2D eigenvalue weighted by Crippen LogP contribution is -2.49. The van der Waals surface area contributed by atoms with Crippen LogP contribution in [0.15, 0.2) is 71.6 Å². The van der Waals surface area contributed by atoms with Crippen LogP contribution in [0.2, 0.25) is 0 Å². The number of likely N-dealkylation sites (N-methyl/N-ethyl adjacent to an activating group) is 1. The number of nitro groups is 1. The summed E-state index contributed by atoms with van der Waals surface area (Å²) in [5.41, 5.74) is 3.33. The van der Waals surface area contributed by atoms with Gasteiger partial charge in [-0.15, -0.1) is 0 Å². The predicted octanol–water partition coefficient (Wildman–Crippen LogP) is 3.49. The first-order valence-electron chi connectivity index (χ1n) is 15.5. The summed E-state index contributed by atoms with van der Waals surface area (Å²) in [5.74, 6) is -0.783. The van der Waals surface area contributed by atoms with Crippen LogP contribution in [-0.2, 0) is 37.4 Å². The number of nitrogens with zero attached hydrogens (tertiary/aromatic N) is 5. The van der Waals surface area contributed by atoms with Gasteiger partial charge in [-0.2, -0.15) is 4.31 Å². The van der Waals surface area contributed by atoms with Crippen molar-refractivity contribution < 1.29 is 32.5 Å². The van der Waals surface area contributed by atoms with E-state index in [0.717, 1.165) is 27.1 Å². The minimum Gasteiger partial charge on any atom is -0.453 e. The molecule has 0 bridgehead atoms. The molecule has 2 N–H and O–H groups in total. The van der Waals surface area contributed by atoms with Gasteiger partial charge < -0.3 is 15.0 Å². The molecule has 0 spiro atoms. The normalized spacial score (nSPS) is 12.8. The molecule has 49 heavy (non-hydrogen) atoms. The summed E-state index contributed by atoms with van der Waals surface area (Å²) in [5, 5.41) is 20.3. The molecule has 262 valence electrons. The second-order valence-corrected chi connectivity index (χ2v) is 13.6. The lowest BCUT2D eigenvalue weighted by Gasteiger charge is -2.32. The molecule has 0 atom stereocenters. The van der Waals surface area contributed by atoms with Crippen molar-refractivity contribution in [1.29, 1.82) is 0 Å². The molecule has 3 aromatic carbocycles. The Hall–Kier alpha value is -5.06. The number of sulfonamides is 1. The van der Waals surface area contributed by atoms with Crippen LogP contribution in [-0.4, -0.2) is 92.0 Å². The van der Waals surface area contributed by atoms with Crippen LogP contribution in [0.4, 0.5) is 21.9 Å². The number of hydrogen-bond donors (Lipinski definition) is 2. The molecular formula is C33H41N7O8S. The van der Waals surface area contributed by atoms with Crippen molar-refractivity contribution in [3.63, 3.8) is 0 Å². The summed E-state index contributed by atoms with van der Waals surface area (Å²) < 4.78 is 32.8. The standard InChI is InChI=1S/C33H41N7O8S/c1-23(2)39(49(46,47)30-13-9-8-12-28(30)40(44)45)17-16-34-31(41)21-37(29-18-27(15-14-24(29)3)35-33(43)48-5)22-32(42)36(4)38-19-25-10-6-7-11-26(25)20-38/h6-15,18,23H,16-17,19-22H2,1-5H3,(H,34,41)(H,35,43). The number of benzene rings is 3. The number of hydrogen-bond acceptors (Lipinski definition) is 10. The first-order chi connectivity index (χ1) is 23.2. The maximum absolute atomic E-state index is 13.7. The van der Waals surface area contributed by atoms with Gasteiger partial charge in [-0.25, -0.2) is 18.2 Å². The SMILES string of the molecule is COC(=O)Nc1ccc(C)c(N(CC(=O)NCCN(C(C)C)S(=O)(=O)c2ccccc2[N+](=O)[O-])CC(=O)N(C)N2Cc3ccccc3C2)c1. The summed E-state index contributed by atoms with van der Waals surface area (Å²) in [6.07, 6.45) is -0.686. The maximum atomic E-state index is 13.7. The van der Waals surface area contributed by atoms with Crippen molar-refractivity contribution in [2.45, 2.75) is 44.8 Å². The van der Waals surface area contributed by atoms with Crippen LogP contribution >= 0.6 is 0 Å². The molecule has 0 aromatic heterocycles. The van der Waals surface area contributed by atoms with E-state index in [1.165, 1.54) is 30.3 Å². The Morgan fingerprint density at radius 3 is 2.24 bits per heavy atom. The molecule has 0 radical (unpaired) electrons. The second kappa shape index (κ2) is 15.9. The van der Waals surface area contributed by atoms with E-state index in [9.17, 15) is 32.9 Å². The second-order valence-electron chi connectivity index (χ2n) is 11.8. The Balaban J connectivity index is 1.51. The predicted molar refractivity (Wildman–Crippen MR) is 183 cm³/mol. The van der Waals surface area contributed by atoms with Gasteiger partial charge in [0, 0.05) is 56.7 Å². The maximum Gasteiger partial charge on any atom is 0.411 e. The minimum absolute atomic E-state index is 0.104. The topological polar surface area (TPSA) is 175 Å². The van der Waals surface area contributed by atoms with Crippen molar-refractivity contribution in [1.82, 2.24) is 19.6 Å². The van der Waals surface area contributed by atoms with E-state index in [0.29, 0.717) is 24.5 Å². The Kier molecular flexibility index (Phi) is 11.9. The van der Waals surface area contributed by atoms with Gasteiger partial charge in [0.05, 0.1) is 25.1 Å². The van der Waals surface area contributed by atoms with E-state index in [2.05, 4.69) is 10.6 Å². The molecule has 1 aliphatic heterocycles. The highest BCUT2D eigenvalue weighted by atomic mass is 32.2. The van der Waals surface area contributed by atoms with E-state index in [1.807, 2.05) is 36.2 Å². The number of fused-ring (bicyclic) bond motifs is 1.